The highest BCUT2D eigenvalue weighted by Gasteiger charge is 2.30. The van der Waals surface area contributed by atoms with Crippen LogP contribution in [0.15, 0.2) is 41.0 Å². The fraction of sp³-hybridized carbons (Fsp3) is 0.522. The van der Waals surface area contributed by atoms with E-state index in [4.69, 9.17) is 4.42 Å². The van der Waals surface area contributed by atoms with E-state index in [2.05, 4.69) is 9.88 Å². The second kappa shape index (κ2) is 9.25. The fourth-order valence-electron chi connectivity index (χ4n) is 4.29. The Morgan fingerprint density at radius 1 is 0.931 bits per heavy atom. The van der Waals surface area contributed by atoms with Crippen LogP contribution in [0, 0.1) is 5.92 Å². The summed E-state index contributed by atoms with van der Waals surface area (Å²) in [5.74, 6) is 0.950. The summed E-state index contributed by atoms with van der Waals surface area (Å²) >= 11 is 0. The van der Waals surface area contributed by atoms with E-state index >= 15 is 0 Å². The highest BCUT2D eigenvalue weighted by atomic mass is 16.3. The van der Waals surface area contributed by atoms with E-state index in [1.54, 1.807) is 6.26 Å². The van der Waals surface area contributed by atoms with Crippen molar-refractivity contribution in [2.24, 2.45) is 5.92 Å². The number of carbonyl (C=O) groups is 2. The number of aromatic nitrogens is 1. The van der Waals surface area contributed by atoms with Gasteiger partial charge in [-0.3, -0.25) is 9.59 Å². The summed E-state index contributed by atoms with van der Waals surface area (Å²) in [5, 5.41) is 0. The smallest absolute Gasteiger partial charge is 0.228 e. The van der Waals surface area contributed by atoms with E-state index in [1.807, 2.05) is 35.2 Å². The summed E-state index contributed by atoms with van der Waals surface area (Å²) in [7, 11) is 0. The van der Waals surface area contributed by atoms with Crippen LogP contribution < -0.4 is 0 Å². The summed E-state index contributed by atoms with van der Waals surface area (Å²) < 4.78 is 5.53. The maximum atomic E-state index is 12.8. The standard InChI is InChI=1S/C23H29N3O3/c27-21(16-20-17-29-22(24-20)18-8-4-3-5-9-18)25-14-10-19(11-15-25)23(28)26-12-6-1-2-7-13-26/h3-5,8-9,17,19H,1-2,6-7,10-16H2. The zero-order valence-corrected chi connectivity index (χ0v) is 16.9. The zero-order chi connectivity index (χ0) is 20.1. The molecule has 1 aromatic carbocycles. The first-order valence-electron chi connectivity index (χ1n) is 10.8. The molecule has 1 aromatic heterocycles. The van der Waals surface area contributed by atoms with Crippen molar-refractivity contribution in [1.29, 1.82) is 0 Å². The number of hydrogen-bond donors (Lipinski definition) is 0. The van der Waals surface area contributed by atoms with Gasteiger partial charge in [0.2, 0.25) is 17.7 Å². The second-order valence-electron chi connectivity index (χ2n) is 8.08. The summed E-state index contributed by atoms with van der Waals surface area (Å²) in [6, 6.07) is 9.67. The average Bonchev–Trinajstić information content (AvgIpc) is 3.06. The molecule has 0 unspecified atom stereocenters. The molecule has 0 spiro atoms. The predicted molar refractivity (Wildman–Crippen MR) is 110 cm³/mol. The molecule has 2 amide bonds. The third kappa shape index (κ3) is 4.86. The Kier molecular flexibility index (Phi) is 6.27. The topological polar surface area (TPSA) is 66.7 Å². The molecule has 0 aliphatic carbocycles. The van der Waals surface area contributed by atoms with Gasteiger partial charge in [0.05, 0.1) is 12.1 Å². The van der Waals surface area contributed by atoms with Gasteiger partial charge in [-0.15, -0.1) is 0 Å². The number of nitrogens with zero attached hydrogens (tertiary/aromatic N) is 3. The molecule has 0 bridgehead atoms. The number of hydrogen-bond acceptors (Lipinski definition) is 4. The number of benzene rings is 1. The van der Waals surface area contributed by atoms with Crippen molar-refractivity contribution in [3.8, 4) is 11.5 Å². The van der Waals surface area contributed by atoms with Crippen LogP contribution in [0.1, 0.15) is 44.2 Å². The van der Waals surface area contributed by atoms with Gasteiger partial charge in [-0.25, -0.2) is 4.98 Å². The minimum Gasteiger partial charge on any atom is -0.444 e. The van der Waals surface area contributed by atoms with E-state index in [1.165, 1.54) is 12.8 Å². The number of carbonyl (C=O) groups excluding carboxylic acids is 2. The van der Waals surface area contributed by atoms with Crippen LogP contribution in [0.5, 0.6) is 0 Å². The Balaban J connectivity index is 1.28. The van der Waals surface area contributed by atoms with E-state index in [-0.39, 0.29) is 18.2 Å². The minimum atomic E-state index is 0.0542. The minimum absolute atomic E-state index is 0.0542. The predicted octanol–water partition coefficient (Wildman–Crippen LogP) is 3.53. The van der Waals surface area contributed by atoms with Crippen LogP contribution in [-0.2, 0) is 16.0 Å². The van der Waals surface area contributed by atoms with Gasteiger partial charge in [0, 0.05) is 37.7 Å². The molecule has 2 fully saturated rings. The first-order chi connectivity index (χ1) is 14.2. The summed E-state index contributed by atoms with van der Waals surface area (Å²) in [6.45, 7) is 3.08. The summed E-state index contributed by atoms with van der Waals surface area (Å²) in [5.41, 5.74) is 1.55. The summed E-state index contributed by atoms with van der Waals surface area (Å²) in [6.07, 6.45) is 8.01. The van der Waals surface area contributed by atoms with E-state index in [0.717, 1.165) is 44.3 Å². The van der Waals surface area contributed by atoms with Crippen molar-refractivity contribution < 1.29 is 14.0 Å². The Morgan fingerprint density at radius 2 is 1.62 bits per heavy atom. The Bertz CT molecular complexity index is 817. The largest absolute Gasteiger partial charge is 0.444 e. The number of rotatable bonds is 4. The lowest BCUT2D eigenvalue weighted by Crippen LogP contribution is -2.45. The van der Waals surface area contributed by atoms with Crippen LogP contribution >= 0.6 is 0 Å². The third-order valence-corrected chi connectivity index (χ3v) is 6.02. The maximum absolute atomic E-state index is 12.8. The molecule has 0 N–H and O–H groups in total. The van der Waals surface area contributed by atoms with Crippen LogP contribution in [0.25, 0.3) is 11.5 Å². The first kappa shape index (κ1) is 19.7. The van der Waals surface area contributed by atoms with Crippen LogP contribution in [0.3, 0.4) is 0 Å². The molecule has 3 heterocycles. The Labute approximate surface area is 171 Å². The van der Waals surface area contributed by atoms with Crippen molar-refractivity contribution in [2.45, 2.75) is 44.9 Å². The van der Waals surface area contributed by atoms with Gasteiger partial charge in [0.25, 0.3) is 0 Å². The third-order valence-electron chi connectivity index (χ3n) is 6.02. The molecular formula is C23H29N3O3. The molecule has 2 aliphatic rings. The van der Waals surface area contributed by atoms with E-state index < -0.39 is 0 Å². The van der Waals surface area contributed by atoms with Crippen molar-refractivity contribution in [3.05, 3.63) is 42.3 Å². The van der Waals surface area contributed by atoms with Crippen LogP contribution in [0.2, 0.25) is 0 Å². The Morgan fingerprint density at radius 3 is 2.31 bits per heavy atom. The Hall–Kier alpha value is -2.63. The number of amides is 2. The van der Waals surface area contributed by atoms with Gasteiger partial charge >= 0.3 is 0 Å². The number of oxazole rings is 1. The SMILES string of the molecule is O=C(Cc1coc(-c2ccccc2)n1)N1CCC(C(=O)N2CCCCCC2)CC1. The average molecular weight is 396 g/mol. The lowest BCUT2D eigenvalue weighted by molar-refractivity contribution is -0.140. The molecule has 0 saturated carbocycles. The molecule has 0 radical (unpaired) electrons. The van der Waals surface area contributed by atoms with E-state index in [0.29, 0.717) is 30.6 Å². The normalized spacial score (nSPS) is 18.5. The van der Waals surface area contributed by atoms with Crippen molar-refractivity contribution in [3.63, 3.8) is 0 Å². The monoisotopic (exact) mass is 395 g/mol. The molecular weight excluding hydrogens is 366 g/mol. The maximum Gasteiger partial charge on any atom is 0.228 e. The quantitative estimate of drug-likeness (QED) is 0.794. The van der Waals surface area contributed by atoms with Gasteiger partial charge < -0.3 is 14.2 Å². The van der Waals surface area contributed by atoms with Gasteiger partial charge in [-0.1, -0.05) is 31.0 Å². The van der Waals surface area contributed by atoms with Crippen molar-refractivity contribution in [2.75, 3.05) is 26.2 Å². The molecule has 29 heavy (non-hydrogen) atoms. The molecule has 2 aromatic rings. The molecule has 0 atom stereocenters. The first-order valence-corrected chi connectivity index (χ1v) is 10.8. The van der Waals surface area contributed by atoms with Crippen LogP contribution in [0.4, 0.5) is 0 Å². The molecule has 6 nitrogen and oxygen atoms in total. The highest BCUT2D eigenvalue weighted by Crippen LogP contribution is 2.23. The number of likely N-dealkylation sites (tertiary alicyclic amines) is 2. The number of piperidine rings is 1. The molecule has 2 aliphatic heterocycles. The van der Waals surface area contributed by atoms with Crippen molar-refractivity contribution >= 4 is 11.8 Å². The highest BCUT2D eigenvalue weighted by molar-refractivity contribution is 5.81. The molecule has 2 saturated heterocycles. The van der Waals surface area contributed by atoms with Gasteiger partial charge in [0.15, 0.2) is 0 Å². The molecule has 4 rings (SSSR count). The fourth-order valence-corrected chi connectivity index (χ4v) is 4.29. The summed E-state index contributed by atoms with van der Waals surface area (Å²) in [4.78, 5) is 33.9. The van der Waals surface area contributed by atoms with E-state index in [9.17, 15) is 9.59 Å². The molecule has 6 heteroatoms. The van der Waals surface area contributed by atoms with Crippen molar-refractivity contribution in [1.82, 2.24) is 14.8 Å². The van der Waals surface area contributed by atoms with Gasteiger partial charge in [0.1, 0.15) is 6.26 Å². The van der Waals surface area contributed by atoms with Gasteiger partial charge in [-0.2, -0.15) is 0 Å². The molecule has 154 valence electrons. The zero-order valence-electron chi connectivity index (χ0n) is 16.9. The van der Waals surface area contributed by atoms with Crippen LogP contribution in [-0.4, -0.2) is 52.8 Å². The second-order valence-corrected chi connectivity index (χ2v) is 8.08. The van der Waals surface area contributed by atoms with Gasteiger partial charge in [-0.05, 0) is 37.8 Å². The lowest BCUT2D eigenvalue weighted by Gasteiger charge is -2.34. The lowest BCUT2D eigenvalue weighted by atomic mass is 9.95.